The molecule has 0 fully saturated rings. The van der Waals surface area contributed by atoms with E-state index < -0.39 is 37.3 Å². The molecule has 1 atom stereocenters. The number of rotatable bonds is 13. The minimum Gasteiger partial charge on any atom is -0.462 e. The Morgan fingerprint density at radius 3 is 2.08 bits per heavy atom. The lowest BCUT2D eigenvalue weighted by Crippen LogP contribution is -2.35. The summed E-state index contributed by atoms with van der Waals surface area (Å²) in [4.78, 5) is 12.0. The molecule has 0 aliphatic carbocycles. The Bertz CT molecular complexity index is 380. The van der Waals surface area contributed by atoms with Gasteiger partial charge in [0.2, 0.25) is 0 Å². The summed E-state index contributed by atoms with van der Waals surface area (Å²) in [6, 6.07) is 0. The Morgan fingerprint density at radius 2 is 1.58 bits per heavy atom. The van der Waals surface area contributed by atoms with Crippen LogP contribution in [0.1, 0.15) is 46.0 Å². The van der Waals surface area contributed by atoms with Gasteiger partial charge in [0, 0.05) is 17.6 Å². The summed E-state index contributed by atoms with van der Waals surface area (Å²) in [5, 5.41) is 46.4. The molecule has 142 valence electrons. The summed E-state index contributed by atoms with van der Waals surface area (Å²) >= 11 is 0. The minimum absolute atomic E-state index is 0.0439. The van der Waals surface area contributed by atoms with Crippen molar-refractivity contribution in [1.29, 1.82) is 0 Å². The molecule has 7 heteroatoms. The number of ether oxygens (including phenoxy) is 1. The van der Waals surface area contributed by atoms with E-state index in [0.717, 1.165) is 12.8 Å². The van der Waals surface area contributed by atoms with Crippen LogP contribution in [-0.2, 0) is 9.53 Å². The van der Waals surface area contributed by atoms with E-state index in [1.54, 1.807) is 13.8 Å². The summed E-state index contributed by atoms with van der Waals surface area (Å²) in [6.07, 6.45) is 2.18. The number of esters is 1. The van der Waals surface area contributed by atoms with Gasteiger partial charge < -0.3 is 30.3 Å². The van der Waals surface area contributed by atoms with Crippen molar-refractivity contribution < 1.29 is 35.1 Å². The number of carbonyl (C=O) groups is 1. The zero-order valence-electron chi connectivity index (χ0n) is 14.7. The second kappa shape index (κ2) is 12.4. The van der Waals surface area contributed by atoms with Crippen LogP contribution in [0.3, 0.4) is 0 Å². The molecule has 0 amide bonds. The molecule has 0 heterocycles. The van der Waals surface area contributed by atoms with Gasteiger partial charge in [0.05, 0.1) is 32.5 Å². The molecular weight excluding hydrogens is 316 g/mol. The highest BCUT2D eigenvalue weighted by Crippen LogP contribution is 2.21. The second-order valence-corrected chi connectivity index (χ2v) is 6.26. The molecule has 0 spiro atoms. The molecule has 0 radical (unpaired) electrons. The van der Waals surface area contributed by atoms with Crippen LogP contribution < -0.4 is 0 Å². The summed E-state index contributed by atoms with van der Waals surface area (Å²) in [5.41, 5.74) is -0.201. The zero-order valence-corrected chi connectivity index (χ0v) is 14.7. The quantitative estimate of drug-likeness (QED) is 0.182. The van der Waals surface area contributed by atoms with Crippen LogP contribution in [0.25, 0.3) is 0 Å². The van der Waals surface area contributed by atoms with Crippen LogP contribution in [0.5, 0.6) is 0 Å². The first-order chi connectivity index (χ1) is 11.4. The lowest BCUT2D eigenvalue weighted by atomic mass is 9.88. The summed E-state index contributed by atoms with van der Waals surface area (Å²) in [6.45, 7) is 2.12. The first kappa shape index (κ1) is 23.0. The van der Waals surface area contributed by atoms with Gasteiger partial charge in [-0.2, -0.15) is 0 Å². The maximum absolute atomic E-state index is 12.0. The monoisotopic (exact) mass is 348 g/mol. The van der Waals surface area contributed by atoms with E-state index in [1.165, 1.54) is 0 Å². The summed E-state index contributed by atoms with van der Waals surface area (Å²) < 4.78 is 5.10. The van der Waals surface area contributed by atoms with Crippen LogP contribution in [0.4, 0.5) is 0 Å². The normalized spacial score (nSPS) is 14.3. The number of aliphatic hydroxyl groups excluding tert-OH is 5. The third-order valence-corrected chi connectivity index (χ3v) is 4.40. The molecule has 0 aliphatic heterocycles. The number of hydrogen-bond acceptors (Lipinski definition) is 7. The Hall–Kier alpha value is -0.990. The first-order valence-corrected chi connectivity index (χ1v) is 8.33. The molecular formula is C17H32O7. The molecule has 24 heavy (non-hydrogen) atoms. The van der Waals surface area contributed by atoms with Crippen LogP contribution >= 0.6 is 0 Å². The largest absolute Gasteiger partial charge is 0.462 e. The van der Waals surface area contributed by atoms with Gasteiger partial charge in [-0.25, -0.2) is 4.79 Å². The van der Waals surface area contributed by atoms with Gasteiger partial charge in [0.25, 0.3) is 0 Å². The molecule has 5 N–H and O–H groups in total. The van der Waals surface area contributed by atoms with E-state index in [2.05, 4.69) is 0 Å². The molecule has 0 aromatic carbocycles. The van der Waals surface area contributed by atoms with E-state index in [0.29, 0.717) is 24.0 Å². The maximum Gasteiger partial charge on any atom is 0.333 e. The van der Waals surface area contributed by atoms with Gasteiger partial charge in [-0.3, -0.25) is 0 Å². The van der Waals surface area contributed by atoms with Crippen LogP contribution in [0, 0.1) is 5.41 Å². The predicted octanol–water partition coefficient (Wildman–Crippen LogP) is 0.133. The predicted molar refractivity (Wildman–Crippen MR) is 89.2 cm³/mol. The molecule has 0 saturated carbocycles. The highest BCUT2D eigenvalue weighted by Gasteiger charge is 2.28. The van der Waals surface area contributed by atoms with E-state index in [9.17, 15) is 25.2 Å². The SMILES string of the molecule is CC(C(=O)OCCC(CO)(CO)CO)=C(C)C(O)CCCCCO. The van der Waals surface area contributed by atoms with Crippen LogP contribution in [0.15, 0.2) is 11.1 Å². The lowest BCUT2D eigenvalue weighted by molar-refractivity contribution is -0.141. The van der Waals surface area contributed by atoms with Crippen molar-refractivity contribution in [3.05, 3.63) is 11.1 Å². The van der Waals surface area contributed by atoms with E-state index in [4.69, 9.17) is 9.84 Å². The van der Waals surface area contributed by atoms with Crippen molar-refractivity contribution in [3.8, 4) is 0 Å². The fourth-order valence-electron chi connectivity index (χ4n) is 2.11. The van der Waals surface area contributed by atoms with Gasteiger partial charge in [0.15, 0.2) is 0 Å². The van der Waals surface area contributed by atoms with E-state index in [-0.39, 0.29) is 19.6 Å². The zero-order chi connectivity index (χ0) is 18.6. The topological polar surface area (TPSA) is 127 Å². The second-order valence-electron chi connectivity index (χ2n) is 6.26. The minimum atomic E-state index is -1.07. The molecule has 0 rings (SSSR count). The number of unbranched alkanes of at least 4 members (excludes halogenated alkanes) is 2. The maximum atomic E-state index is 12.0. The Morgan fingerprint density at radius 1 is 1.00 bits per heavy atom. The molecule has 0 aliphatic rings. The van der Waals surface area contributed by atoms with Crippen LogP contribution in [0.2, 0.25) is 0 Å². The number of aliphatic hydroxyl groups is 5. The van der Waals surface area contributed by atoms with Crippen molar-refractivity contribution in [3.63, 3.8) is 0 Å². The fraction of sp³-hybridized carbons (Fsp3) is 0.824. The molecule has 0 aromatic heterocycles. The van der Waals surface area contributed by atoms with Crippen molar-refractivity contribution in [2.24, 2.45) is 5.41 Å². The average molecular weight is 348 g/mol. The standard InChI is InChI=1S/C17H32O7/c1-13(15(22)6-4-3-5-8-18)14(2)16(23)24-9-7-17(10-19,11-20)12-21/h15,18-22H,3-12H2,1-2H3. The molecule has 0 bridgehead atoms. The molecule has 7 nitrogen and oxygen atoms in total. The fourth-order valence-corrected chi connectivity index (χ4v) is 2.11. The summed E-state index contributed by atoms with van der Waals surface area (Å²) in [5.74, 6) is -0.565. The van der Waals surface area contributed by atoms with Gasteiger partial charge in [-0.15, -0.1) is 0 Å². The van der Waals surface area contributed by atoms with Gasteiger partial charge in [-0.05, 0) is 38.7 Å². The van der Waals surface area contributed by atoms with E-state index >= 15 is 0 Å². The average Bonchev–Trinajstić information content (AvgIpc) is 2.61. The van der Waals surface area contributed by atoms with Crippen molar-refractivity contribution >= 4 is 5.97 Å². The summed E-state index contributed by atoms with van der Waals surface area (Å²) in [7, 11) is 0. The van der Waals surface area contributed by atoms with Crippen molar-refractivity contribution in [2.45, 2.75) is 52.1 Å². The smallest absolute Gasteiger partial charge is 0.333 e. The molecule has 0 saturated heterocycles. The number of hydrogen-bond donors (Lipinski definition) is 5. The Labute approximate surface area is 143 Å². The van der Waals surface area contributed by atoms with Crippen LogP contribution in [-0.4, -0.2) is 70.6 Å². The third-order valence-electron chi connectivity index (χ3n) is 4.40. The van der Waals surface area contributed by atoms with Gasteiger partial charge in [-0.1, -0.05) is 12.8 Å². The van der Waals surface area contributed by atoms with Crippen molar-refractivity contribution in [2.75, 3.05) is 33.0 Å². The highest BCUT2D eigenvalue weighted by atomic mass is 16.5. The number of carbonyl (C=O) groups excluding carboxylic acids is 1. The highest BCUT2D eigenvalue weighted by molar-refractivity contribution is 5.88. The lowest BCUT2D eigenvalue weighted by Gasteiger charge is -2.26. The molecule has 1 unspecified atom stereocenters. The van der Waals surface area contributed by atoms with Gasteiger partial charge >= 0.3 is 5.97 Å². The van der Waals surface area contributed by atoms with E-state index in [1.807, 2.05) is 0 Å². The Balaban J connectivity index is 4.46. The third kappa shape index (κ3) is 7.72. The first-order valence-electron chi connectivity index (χ1n) is 8.33. The molecule has 0 aromatic rings. The Kier molecular flexibility index (Phi) is 11.9. The van der Waals surface area contributed by atoms with Gasteiger partial charge in [0.1, 0.15) is 0 Å². The van der Waals surface area contributed by atoms with Crippen molar-refractivity contribution in [1.82, 2.24) is 0 Å².